The monoisotopic (exact) mass is 305 g/mol. The van der Waals surface area contributed by atoms with Gasteiger partial charge in [-0.1, -0.05) is 6.42 Å². The molecular weight excluding hydrogens is 282 g/mol. The third kappa shape index (κ3) is 3.76. The van der Waals surface area contributed by atoms with Crippen LogP contribution in [-0.4, -0.2) is 32.0 Å². The Morgan fingerprint density at radius 2 is 2.09 bits per heavy atom. The van der Waals surface area contributed by atoms with Gasteiger partial charge in [-0.2, -0.15) is 0 Å². The van der Waals surface area contributed by atoms with Crippen molar-refractivity contribution in [2.45, 2.75) is 31.7 Å². The summed E-state index contributed by atoms with van der Waals surface area (Å²) in [6.45, 7) is 0. The number of anilines is 1. The summed E-state index contributed by atoms with van der Waals surface area (Å²) in [7, 11) is 3.09. The molecule has 1 aromatic rings. The zero-order valence-corrected chi connectivity index (χ0v) is 13.0. The highest BCUT2D eigenvalue weighted by Gasteiger charge is 2.26. The quantitative estimate of drug-likeness (QED) is 0.786. The molecule has 4 N–H and O–H groups in total. The molecule has 1 aromatic carbocycles. The van der Waals surface area contributed by atoms with Gasteiger partial charge in [0.2, 0.25) is 5.91 Å². The normalized spacial score (nSPS) is 21.0. The largest absolute Gasteiger partial charge is 0.495 e. The van der Waals surface area contributed by atoms with E-state index >= 15 is 0 Å². The summed E-state index contributed by atoms with van der Waals surface area (Å²) in [5.74, 6) is 0.165. The number of hydrogen-bond donors (Lipinski definition) is 3. The molecule has 120 valence electrons. The molecule has 1 aliphatic carbocycles. The van der Waals surface area contributed by atoms with Gasteiger partial charge in [-0.15, -0.1) is 0 Å². The number of amides is 2. The Kier molecular flexibility index (Phi) is 5.38. The number of benzene rings is 1. The molecule has 22 heavy (non-hydrogen) atoms. The molecule has 0 radical (unpaired) electrons. The third-order valence-electron chi connectivity index (χ3n) is 4.03. The van der Waals surface area contributed by atoms with Crippen LogP contribution in [0.15, 0.2) is 18.2 Å². The minimum absolute atomic E-state index is 0.0671. The summed E-state index contributed by atoms with van der Waals surface area (Å²) in [5.41, 5.74) is 6.92. The van der Waals surface area contributed by atoms with Gasteiger partial charge in [-0.05, 0) is 37.5 Å². The molecule has 2 unspecified atom stereocenters. The predicted octanol–water partition coefficient (Wildman–Crippen LogP) is 1.51. The van der Waals surface area contributed by atoms with Crippen molar-refractivity contribution >= 4 is 17.5 Å². The molecule has 0 aromatic heterocycles. The number of carbonyl (C=O) groups excluding carboxylic acids is 2. The van der Waals surface area contributed by atoms with Gasteiger partial charge >= 0.3 is 0 Å². The van der Waals surface area contributed by atoms with Crippen molar-refractivity contribution in [2.24, 2.45) is 11.7 Å². The summed E-state index contributed by atoms with van der Waals surface area (Å²) in [6, 6.07) is 5.04. The number of nitrogens with two attached hydrogens (primary N) is 1. The Morgan fingerprint density at radius 3 is 2.73 bits per heavy atom. The number of hydrogen-bond acceptors (Lipinski definition) is 4. The minimum Gasteiger partial charge on any atom is -0.495 e. The van der Waals surface area contributed by atoms with Crippen LogP contribution in [0.3, 0.4) is 0 Å². The van der Waals surface area contributed by atoms with Gasteiger partial charge in [0.1, 0.15) is 5.75 Å². The number of carbonyl (C=O) groups is 2. The lowest BCUT2D eigenvalue weighted by Crippen LogP contribution is -2.34. The minimum atomic E-state index is -0.210. The fraction of sp³-hybridized carbons (Fsp3) is 0.500. The average molecular weight is 305 g/mol. The second kappa shape index (κ2) is 7.26. The van der Waals surface area contributed by atoms with E-state index in [0.29, 0.717) is 23.4 Å². The summed E-state index contributed by atoms with van der Waals surface area (Å²) in [6.07, 6.45) is 3.48. The van der Waals surface area contributed by atoms with Crippen molar-refractivity contribution < 1.29 is 14.3 Å². The van der Waals surface area contributed by atoms with E-state index in [-0.39, 0.29) is 23.8 Å². The molecule has 0 aliphatic heterocycles. The SMILES string of the molecule is CNC(=O)c1ccc(OC)c(NC(=O)C2CCCC(N)C2)c1. The number of rotatable bonds is 4. The van der Waals surface area contributed by atoms with E-state index in [0.717, 1.165) is 19.3 Å². The molecule has 1 aliphatic rings. The number of nitrogens with one attached hydrogen (secondary N) is 2. The lowest BCUT2D eigenvalue weighted by Gasteiger charge is -2.26. The molecule has 0 heterocycles. The van der Waals surface area contributed by atoms with Crippen LogP contribution in [0.5, 0.6) is 5.75 Å². The van der Waals surface area contributed by atoms with Crippen LogP contribution in [0.1, 0.15) is 36.0 Å². The number of ether oxygens (including phenoxy) is 1. The maximum Gasteiger partial charge on any atom is 0.251 e. The highest BCUT2D eigenvalue weighted by molar-refractivity contribution is 5.98. The molecule has 2 amide bonds. The highest BCUT2D eigenvalue weighted by Crippen LogP contribution is 2.29. The van der Waals surface area contributed by atoms with Crippen LogP contribution in [0, 0.1) is 5.92 Å². The summed E-state index contributed by atoms with van der Waals surface area (Å²) < 4.78 is 5.25. The van der Waals surface area contributed by atoms with Crippen LogP contribution in [0.2, 0.25) is 0 Å². The molecular formula is C16H23N3O3. The lowest BCUT2D eigenvalue weighted by atomic mass is 9.85. The third-order valence-corrected chi connectivity index (χ3v) is 4.03. The topological polar surface area (TPSA) is 93.5 Å². The summed E-state index contributed by atoms with van der Waals surface area (Å²) in [5, 5.41) is 5.43. The van der Waals surface area contributed by atoms with Gasteiger partial charge in [0.25, 0.3) is 5.91 Å². The Hall–Kier alpha value is -2.08. The smallest absolute Gasteiger partial charge is 0.251 e. The van der Waals surface area contributed by atoms with Crippen molar-refractivity contribution in [1.82, 2.24) is 5.32 Å². The molecule has 2 atom stereocenters. The Morgan fingerprint density at radius 1 is 1.32 bits per heavy atom. The molecule has 0 spiro atoms. The first-order valence-corrected chi connectivity index (χ1v) is 7.51. The van der Waals surface area contributed by atoms with E-state index in [1.165, 1.54) is 7.11 Å². The van der Waals surface area contributed by atoms with E-state index in [9.17, 15) is 9.59 Å². The van der Waals surface area contributed by atoms with Gasteiger partial charge in [0, 0.05) is 24.6 Å². The fourth-order valence-electron chi connectivity index (χ4n) is 2.79. The van der Waals surface area contributed by atoms with Gasteiger partial charge in [0.15, 0.2) is 0 Å². The van der Waals surface area contributed by atoms with Crippen molar-refractivity contribution in [3.05, 3.63) is 23.8 Å². The van der Waals surface area contributed by atoms with E-state index in [4.69, 9.17) is 10.5 Å². The molecule has 1 fully saturated rings. The van der Waals surface area contributed by atoms with E-state index in [1.54, 1.807) is 25.2 Å². The molecule has 6 heteroatoms. The van der Waals surface area contributed by atoms with Gasteiger partial charge in [-0.25, -0.2) is 0 Å². The van der Waals surface area contributed by atoms with Crippen molar-refractivity contribution in [2.75, 3.05) is 19.5 Å². The zero-order valence-electron chi connectivity index (χ0n) is 13.0. The van der Waals surface area contributed by atoms with Gasteiger partial charge in [-0.3, -0.25) is 9.59 Å². The Labute approximate surface area is 130 Å². The zero-order chi connectivity index (χ0) is 16.1. The predicted molar refractivity (Wildman–Crippen MR) is 84.9 cm³/mol. The first-order chi connectivity index (χ1) is 10.5. The van der Waals surface area contributed by atoms with E-state index < -0.39 is 0 Å². The second-order valence-electron chi connectivity index (χ2n) is 5.61. The second-order valence-corrected chi connectivity index (χ2v) is 5.61. The maximum absolute atomic E-state index is 12.4. The first-order valence-electron chi connectivity index (χ1n) is 7.51. The van der Waals surface area contributed by atoms with E-state index in [1.807, 2.05) is 0 Å². The first kappa shape index (κ1) is 16.3. The van der Waals surface area contributed by atoms with Crippen molar-refractivity contribution in [3.63, 3.8) is 0 Å². The standard InChI is InChI=1S/C16H23N3O3/c1-18-15(20)11-6-7-14(22-2)13(9-11)19-16(21)10-4-3-5-12(17)8-10/h6-7,9-10,12H,3-5,8,17H2,1-2H3,(H,18,20)(H,19,21). The lowest BCUT2D eigenvalue weighted by molar-refractivity contribution is -0.120. The molecule has 1 saturated carbocycles. The maximum atomic E-state index is 12.4. The van der Waals surface area contributed by atoms with E-state index in [2.05, 4.69) is 10.6 Å². The van der Waals surface area contributed by atoms with Crippen LogP contribution in [0.25, 0.3) is 0 Å². The molecule has 0 saturated heterocycles. The molecule has 0 bridgehead atoms. The Balaban J connectivity index is 2.16. The summed E-state index contributed by atoms with van der Waals surface area (Å²) >= 11 is 0. The van der Waals surface area contributed by atoms with Gasteiger partial charge < -0.3 is 21.1 Å². The fourth-order valence-corrected chi connectivity index (χ4v) is 2.79. The van der Waals surface area contributed by atoms with Crippen LogP contribution >= 0.6 is 0 Å². The molecule has 6 nitrogen and oxygen atoms in total. The average Bonchev–Trinajstić information content (AvgIpc) is 2.54. The van der Waals surface area contributed by atoms with Gasteiger partial charge in [0.05, 0.1) is 12.8 Å². The Bertz CT molecular complexity index is 560. The van der Waals surface area contributed by atoms with Crippen LogP contribution in [0.4, 0.5) is 5.69 Å². The van der Waals surface area contributed by atoms with Crippen molar-refractivity contribution in [1.29, 1.82) is 0 Å². The number of methoxy groups -OCH3 is 1. The highest BCUT2D eigenvalue weighted by atomic mass is 16.5. The van der Waals surface area contributed by atoms with Crippen LogP contribution in [-0.2, 0) is 4.79 Å². The molecule has 2 rings (SSSR count). The summed E-state index contributed by atoms with van der Waals surface area (Å²) in [4.78, 5) is 24.1. The van der Waals surface area contributed by atoms with Crippen LogP contribution < -0.4 is 21.1 Å². The van der Waals surface area contributed by atoms with Crippen molar-refractivity contribution in [3.8, 4) is 5.75 Å².